The first kappa shape index (κ1) is 15.0. The fourth-order valence-electron chi connectivity index (χ4n) is 2.89. The summed E-state index contributed by atoms with van der Waals surface area (Å²) in [6, 6.07) is 11.0. The molecule has 116 valence electrons. The lowest BCUT2D eigenvalue weighted by Crippen LogP contribution is -2.21. The second-order valence-electron chi connectivity index (χ2n) is 5.88. The fraction of sp³-hybridized carbons (Fsp3) is 0.444. The third kappa shape index (κ3) is 4.53. The van der Waals surface area contributed by atoms with Gasteiger partial charge in [0.2, 0.25) is 0 Å². The first-order chi connectivity index (χ1) is 10.9. The summed E-state index contributed by atoms with van der Waals surface area (Å²) in [5.41, 5.74) is 2.43. The summed E-state index contributed by atoms with van der Waals surface area (Å²) in [5.74, 6) is 0.943. The van der Waals surface area contributed by atoms with Crippen molar-refractivity contribution in [2.45, 2.75) is 38.1 Å². The highest BCUT2D eigenvalue weighted by atomic mass is 15.0. The molecule has 3 rings (SSSR count). The van der Waals surface area contributed by atoms with Gasteiger partial charge in [0.15, 0.2) is 0 Å². The van der Waals surface area contributed by atoms with Crippen LogP contribution in [-0.2, 0) is 12.8 Å². The number of hydrogen-bond acceptors (Lipinski definition) is 4. The van der Waals surface area contributed by atoms with E-state index in [1.165, 1.54) is 31.4 Å². The summed E-state index contributed by atoms with van der Waals surface area (Å²) in [5, 5.41) is 6.90. The normalized spacial score (nSPS) is 17.5. The van der Waals surface area contributed by atoms with Crippen LogP contribution in [0, 0.1) is 0 Å². The van der Waals surface area contributed by atoms with Crippen LogP contribution < -0.4 is 10.6 Å². The number of aryl methyl sites for hydroxylation is 1. The molecule has 1 unspecified atom stereocenters. The summed E-state index contributed by atoms with van der Waals surface area (Å²) in [7, 11) is 0. The number of rotatable bonds is 7. The molecule has 0 aliphatic carbocycles. The second-order valence-corrected chi connectivity index (χ2v) is 5.88. The second kappa shape index (κ2) is 7.90. The SMILES string of the molecule is c1ccc(CCNc2ccc(CCC3CCCN3)cn2)nc1. The van der Waals surface area contributed by atoms with E-state index in [0.29, 0.717) is 6.04 Å². The van der Waals surface area contributed by atoms with Gasteiger partial charge in [0.05, 0.1) is 0 Å². The minimum absolute atomic E-state index is 0.705. The predicted molar refractivity (Wildman–Crippen MR) is 90.0 cm³/mol. The van der Waals surface area contributed by atoms with Crippen molar-refractivity contribution in [3.8, 4) is 0 Å². The summed E-state index contributed by atoms with van der Waals surface area (Å²) < 4.78 is 0. The molecule has 0 saturated carbocycles. The van der Waals surface area contributed by atoms with Crippen LogP contribution in [0.2, 0.25) is 0 Å². The van der Waals surface area contributed by atoms with Gasteiger partial charge in [0.25, 0.3) is 0 Å². The molecule has 0 aromatic carbocycles. The van der Waals surface area contributed by atoms with Crippen LogP contribution in [0.1, 0.15) is 30.5 Å². The Bertz CT molecular complexity index is 547. The maximum atomic E-state index is 4.50. The lowest BCUT2D eigenvalue weighted by atomic mass is 10.1. The molecular weight excluding hydrogens is 272 g/mol. The highest BCUT2D eigenvalue weighted by Crippen LogP contribution is 2.13. The van der Waals surface area contributed by atoms with Gasteiger partial charge in [-0.25, -0.2) is 4.98 Å². The number of anilines is 1. The molecule has 0 amide bonds. The molecule has 1 atom stereocenters. The summed E-state index contributed by atoms with van der Waals surface area (Å²) >= 11 is 0. The number of pyridine rings is 2. The van der Waals surface area contributed by atoms with Gasteiger partial charge in [-0.15, -0.1) is 0 Å². The minimum Gasteiger partial charge on any atom is -0.370 e. The standard InChI is InChI=1S/C18H24N4/c1-2-11-19-17(4-1)10-13-21-18-9-7-15(14-22-18)6-8-16-5-3-12-20-16/h1-2,4,7,9,11,14,16,20H,3,5-6,8,10,12-13H2,(H,21,22). The van der Waals surface area contributed by atoms with Gasteiger partial charge in [-0.2, -0.15) is 0 Å². The molecule has 1 aliphatic heterocycles. The van der Waals surface area contributed by atoms with Gasteiger partial charge < -0.3 is 10.6 Å². The van der Waals surface area contributed by atoms with Crippen molar-refractivity contribution < 1.29 is 0 Å². The lowest BCUT2D eigenvalue weighted by Gasteiger charge is -2.10. The maximum absolute atomic E-state index is 4.50. The molecule has 4 nitrogen and oxygen atoms in total. The van der Waals surface area contributed by atoms with Gasteiger partial charge in [0, 0.05) is 37.1 Å². The smallest absolute Gasteiger partial charge is 0.125 e. The highest BCUT2D eigenvalue weighted by molar-refractivity contribution is 5.35. The van der Waals surface area contributed by atoms with Crippen molar-refractivity contribution in [3.63, 3.8) is 0 Å². The van der Waals surface area contributed by atoms with Gasteiger partial charge in [-0.3, -0.25) is 4.98 Å². The zero-order valence-electron chi connectivity index (χ0n) is 13.0. The average molecular weight is 296 g/mol. The Labute approximate surface area is 132 Å². The zero-order valence-corrected chi connectivity index (χ0v) is 13.0. The van der Waals surface area contributed by atoms with Crippen LogP contribution in [0.4, 0.5) is 5.82 Å². The van der Waals surface area contributed by atoms with Gasteiger partial charge in [-0.1, -0.05) is 12.1 Å². The van der Waals surface area contributed by atoms with Crippen molar-refractivity contribution in [2.24, 2.45) is 0 Å². The maximum Gasteiger partial charge on any atom is 0.125 e. The van der Waals surface area contributed by atoms with Crippen molar-refractivity contribution in [2.75, 3.05) is 18.4 Å². The zero-order chi connectivity index (χ0) is 15.0. The van der Waals surface area contributed by atoms with E-state index >= 15 is 0 Å². The molecule has 2 N–H and O–H groups in total. The number of aromatic nitrogens is 2. The molecule has 1 fully saturated rings. The fourth-order valence-corrected chi connectivity index (χ4v) is 2.89. The topological polar surface area (TPSA) is 49.8 Å². The van der Waals surface area contributed by atoms with Crippen LogP contribution in [0.5, 0.6) is 0 Å². The summed E-state index contributed by atoms with van der Waals surface area (Å²) in [6.07, 6.45) is 9.72. The van der Waals surface area contributed by atoms with E-state index in [0.717, 1.165) is 30.9 Å². The Balaban J connectivity index is 1.41. The third-order valence-corrected chi connectivity index (χ3v) is 4.18. The van der Waals surface area contributed by atoms with Gasteiger partial charge in [-0.05, 0) is 56.0 Å². The van der Waals surface area contributed by atoms with E-state index in [1.54, 1.807) is 0 Å². The van der Waals surface area contributed by atoms with E-state index in [-0.39, 0.29) is 0 Å². The van der Waals surface area contributed by atoms with Gasteiger partial charge >= 0.3 is 0 Å². The van der Waals surface area contributed by atoms with E-state index in [2.05, 4.69) is 38.8 Å². The van der Waals surface area contributed by atoms with E-state index in [9.17, 15) is 0 Å². The Morgan fingerprint density at radius 2 is 2.14 bits per heavy atom. The van der Waals surface area contributed by atoms with Crippen LogP contribution in [0.15, 0.2) is 42.7 Å². The lowest BCUT2D eigenvalue weighted by molar-refractivity contribution is 0.559. The van der Waals surface area contributed by atoms with Crippen molar-refractivity contribution in [3.05, 3.63) is 54.0 Å². The molecular formula is C18H24N4. The molecule has 0 radical (unpaired) electrons. The van der Waals surface area contributed by atoms with Crippen LogP contribution in [0.3, 0.4) is 0 Å². The molecule has 22 heavy (non-hydrogen) atoms. The van der Waals surface area contributed by atoms with E-state index in [1.807, 2.05) is 24.5 Å². The number of nitrogens with one attached hydrogen (secondary N) is 2. The quantitative estimate of drug-likeness (QED) is 0.825. The summed E-state index contributed by atoms with van der Waals surface area (Å²) in [4.78, 5) is 8.82. The predicted octanol–water partition coefficient (Wildman–Crippen LogP) is 2.82. The molecule has 2 aromatic rings. The van der Waals surface area contributed by atoms with Crippen LogP contribution in [-0.4, -0.2) is 29.1 Å². The van der Waals surface area contributed by atoms with Crippen molar-refractivity contribution in [1.29, 1.82) is 0 Å². The molecule has 2 aromatic heterocycles. The van der Waals surface area contributed by atoms with Crippen LogP contribution >= 0.6 is 0 Å². The van der Waals surface area contributed by atoms with Gasteiger partial charge in [0.1, 0.15) is 5.82 Å². The molecule has 1 saturated heterocycles. The Kier molecular flexibility index (Phi) is 5.37. The van der Waals surface area contributed by atoms with E-state index < -0.39 is 0 Å². The monoisotopic (exact) mass is 296 g/mol. The largest absolute Gasteiger partial charge is 0.370 e. The first-order valence-electron chi connectivity index (χ1n) is 8.22. The van der Waals surface area contributed by atoms with Crippen molar-refractivity contribution >= 4 is 5.82 Å². The van der Waals surface area contributed by atoms with Crippen molar-refractivity contribution in [1.82, 2.24) is 15.3 Å². The molecule has 4 heteroatoms. The highest BCUT2D eigenvalue weighted by Gasteiger charge is 2.13. The number of nitrogens with zero attached hydrogens (tertiary/aromatic N) is 2. The number of hydrogen-bond donors (Lipinski definition) is 2. The average Bonchev–Trinajstić information content (AvgIpc) is 3.09. The Morgan fingerprint density at radius 3 is 2.86 bits per heavy atom. The Hall–Kier alpha value is -1.94. The molecule has 3 heterocycles. The molecule has 1 aliphatic rings. The van der Waals surface area contributed by atoms with E-state index in [4.69, 9.17) is 0 Å². The molecule has 0 bridgehead atoms. The first-order valence-corrected chi connectivity index (χ1v) is 8.22. The Morgan fingerprint density at radius 1 is 1.14 bits per heavy atom. The summed E-state index contributed by atoms with van der Waals surface area (Å²) in [6.45, 7) is 2.04. The third-order valence-electron chi connectivity index (χ3n) is 4.18. The minimum atomic E-state index is 0.705. The van der Waals surface area contributed by atoms with Crippen LogP contribution in [0.25, 0.3) is 0 Å². The molecule has 0 spiro atoms.